The Labute approximate surface area is 162 Å². The first-order chi connectivity index (χ1) is 13.6. The number of benzene rings is 1. The molecule has 146 valence electrons. The summed E-state index contributed by atoms with van der Waals surface area (Å²) in [5, 5.41) is 12.3. The van der Waals surface area contributed by atoms with Crippen molar-refractivity contribution < 1.29 is 19.4 Å². The summed E-state index contributed by atoms with van der Waals surface area (Å²) in [5.41, 5.74) is 2.75. The van der Waals surface area contributed by atoms with Gasteiger partial charge in [0.05, 0.1) is 0 Å². The van der Waals surface area contributed by atoms with Gasteiger partial charge in [0.15, 0.2) is 5.78 Å². The lowest BCUT2D eigenvalue weighted by Crippen LogP contribution is -2.41. The van der Waals surface area contributed by atoms with Gasteiger partial charge in [-0.05, 0) is 36.6 Å². The predicted octanol–water partition coefficient (Wildman–Crippen LogP) is 3.26. The second kappa shape index (κ2) is 7.84. The molecular formula is C20H22N4O4. The van der Waals surface area contributed by atoms with E-state index in [1.807, 2.05) is 18.2 Å². The standard InChI is InChI=1S/C20H22N4O4/c25-17-3-1-2-13-10-14(4-5-16(13)17)23-18-11-19(22-12-21-18)28-15-6-8-24(9-7-15)20(26)27/h4-5,10-12,15H,1-3,6-9H2,(H,26,27)(H,21,22,23). The highest BCUT2D eigenvalue weighted by Gasteiger charge is 2.24. The van der Waals surface area contributed by atoms with Crippen molar-refractivity contribution in [3.8, 4) is 5.88 Å². The van der Waals surface area contributed by atoms with Crippen molar-refractivity contribution in [3.63, 3.8) is 0 Å². The number of hydrogen-bond acceptors (Lipinski definition) is 6. The van der Waals surface area contributed by atoms with Crippen LogP contribution in [0.2, 0.25) is 0 Å². The van der Waals surface area contributed by atoms with Crippen LogP contribution < -0.4 is 10.1 Å². The Morgan fingerprint density at radius 2 is 2.00 bits per heavy atom. The van der Waals surface area contributed by atoms with Crippen molar-refractivity contribution in [1.82, 2.24) is 14.9 Å². The van der Waals surface area contributed by atoms with Crippen LogP contribution in [0.5, 0.6) is 5.88 Å². The van der Waals surface area contributed by atoms with Gasteiger partial charge in [0.1, 0.15) is 18.2 Å². The number of carbonyl (C=O) groups is 2. The van der Waals surface area contributed by atoms with E-state index in [0.29, 0.717) is 44.0 Å². The highest BCUT2D eigenvalue weighted by atomic mass is 16.5. The topological polar surface area (TPSA) is 105 Å². The van der Waals surface area contributed by atoms with E-state index in [2.05, 4.69) is 15.3 Å². The average Bonchev–Trinajstić information content (AvgIpc) is 2.69. The fourth-order valence-electron chi connectivity index (χ4n) is 3.68. The fourth-order valence-corrected chi connectivity index (χ4v) is 3.68. The van der Waals surface area contributed by atoms with E-state index in [9.17, 15) is 9.59 Å². The molecule has 2 aliphatic rings. The number of nitrogens with zero attached hydrogens (tertiary/aromatic N) is 3. The van der Waals surface area contributed by atoms with E-state index >= 15 is 0 Å². The van der Waals surface area contributed by atoms with Crippen molar-refractivity contribution in [3.05, 3.63) is 41.7 Å². The van der Waals surface area contributed by atoms with Crippen LogP contribution in [0.3, 0.4) is 0 Å². The second-order valence-electron chi connectivity index (χ2n) is 7.10. The van der Waals surface area contributed by atoms with Gasteiger partial charge in [-0.1, -0.05) is 0 Å². The molecule has 0 saturated carbocycles. The van der Waals surface area contributed by atoms with Crippen LogP contribution in [0.4, 0.5) is 16.3 Å². The Kier molecular flexibility index (Phi) is 5.10. The van der Waals surface area contributed by atoms with E-state index in [-0.39, 0.29) is 11.9 Å². The van der Waals surface area contributed by atoms with Gasteiger partial charge in [-0.2, -0.15) is 0 Å². The molecule has 28 heavy (non-hydrogen) atoms. The number of ketones is 1. The van der Waals surface area contributed by atoms with Crippen LogP contribution in [0.1, 0.15) is 41.6 Å². The van der Waals surface area contributed by atoms with Crippen molar-refractivity contribution in [2.24, 2.45) is 0 Å². The van der Waals surface area contributed by atoms with Crippen LogP contribution >= 0.6 is 0 Å². The normalized spacial score (nSPS) is 17.1. The summed E-state index contributed by atoms with van der Waals surface area (Å²) in [6, 6.07) is 7.48. The lowest BCUT2D eigenvalue weighted by Gasteiger charge is -2.29. The van der Waals surface area contributed by atoms with E-state index < -0.39 is 6.09 Å². The number of likely N-dealkylation sites (tertiary alicyclic amines) is 1. The first kappa shape index (κ1) is 18.2. The number of Topliss-reactive ketones (excluding diaryl/α,β-unsaturated/α-hetero) is 1. The highest BCUT2D eigenvalue weighted by molar-refractivity contribution is 5.98. The van der Waals surface area contributed by atoms with Crippen molar-refractivity contribution >= 4 is 23.4 Å². The summed E-state index contributed by atoms with van der Waals surface area (Å²) in [7, 11) is 0. The maximum absolute atomic E-state index is 12.0. The molecule has 1 saturated heterocycles. The number of rotatable bonds is 4. The molecule has 2 heterocycles. The molecule has 8 heteroatoms. The Hall–Kier alpha value is -3.16. The molecule has 1 aliphatic carbocycles. The SMILES string of the molecule is O=C1CCCc2cc(Nc3cc(OC4CCN(C(=O)O)CC4)ncn3)ccc21. The lowest BCUT2D eigenvalue weighted by atomic mass is 9.90. The minimum Gasteiger partial charge on any atom is -0.474 e. The lowest BCUT2D eigenvalue weighted by molar-refractivity contribution is 0.0870. The largest absolute Gasteiger partial charge is 0.474 e. The number of fused-ring (bicyclic) bond motifs is 1. The van der Waals surface area contributed by atoms with Gasteiger partial charge in [-0.25, -0.2) is 14.8 Å². The second-order valence-corrected chi connectivity index (χ2v) is 7.10. The van der Waals surface area contributed by atoms with Crippen molar-refractivity contribution in [2.75, 3.05) is 18.4 Å². The van der Waals surface area contributed by atoms with Gasteiger partial charge < -0.3 is 20.1 Å². The number of aryl methyl sites for hydroxylation is 1. The number of hydrogen-bond donors (Lipinski definition) is 2. The monoisotopic (exact) mass is 382 g/mol. The number of nitrogens with one attached hydrogen (secondary N) is 1. The number of amides is 1. The number of aromatic nitrogens is 2. The third-order valence-corrected chi connectivity index (χ3v) is 5.17. The van der Waals surface area contributed by atoms with Crippen LogP contribution in [0.25, 0.3) is 0 Å². The summed E-state index contributed by atoms with van der Waals surface area (Å²) in [4.78, 5) is 32.7. The van der Waals surface area contributed by atoms with E-state index in [4.69, 9.17) is 9.84 Å². The molecule has 0 radical (unpaired) electrons. The number of ether oxygens (including phenoxy) is 1. The summed E-state index contributed by atoms with van der Waals surface area (Å²) in [6.07, 6.45) is 4.18. The van der Waals surface area contributed by atoms with E-state index in [0.717, 1.165) is 29.7 Å². The highest BCUT2D eigenvalue weighted by Crippen LogP contribution is 2.26. The number of anilines is 2. The van der Waals surface area contributed by atoms with Crippen LogP contribution in [-0.4, -0.2) is 51.0 Å². The summed E-state index contributed by atoms with van der Waals surface area (Å²) >= 11 is 0. The van der Waals surface area contributed by atoms with Gasteiger partial charge >= 0.3 is 6.09 Å². The van der Waals surface area contributed by atoms with E-state index in [1.165, 1.54) is 11.2 Å². The van der Waals surface area contributed by atoms with Gasteiger partial charge in [-0.3, -0.25) is 4.79 Å². The molecular weight excluding hydrogens is 360 g/mol. The maximum Gasteiger partial charge on any atom is 0.407 e. The molecule has 2 N–H and O–H groups in total. The van der Waals surface area contributed by atoms with E-state index in [1.54, 1.807) is 6.07 Å². The molecule has 8 nitrogen and oxygen atoms in total. The first-order valence-corrected chi connectivity index (χ1v) is 9.48. The van der Waals surface area contributed by atoms with Gasteiger partial charge in [0, 0.05) is 49.7 Å². The maximum atomic E-state index is 12.0. The smallest absolute Gasteiger partial charge is 0.407 e. The minimum absolute atomic E-state index is 0.0619. The average molecular weight is 382 g/mol. The molecule has 4 rings (SSSR count). The van der Waals surface area contributed by atoms with Crippen LogP contribution in [0, 0.1) is 0 Å². The molecule has 0 atom stereocenters. The molecule has 1 aromatic heterocycles. The first-order valence-electron chi connectivity index (χ1n) is 9.48. The Morgan fingerprint density at radius 1 is 1.18 bits per heavy atom. The summed E-state index contributed by atoms with van der Waals surface area (Å²) in [5.74, 6) is 1.27. The third-order valence-electron chi connectivity index (χ3n) is 5.17. The molecule has 0 bridgehead atoms. The molecule has 1 fully saturated rings. The van der Waals surface area contributed by atoms with Gasteiger partial charge in [-0.15, -0.1) is 0 Å². The zero-order valence-corrected chi connectivity index (χ0v) is 15.4. The van der Waals surface area contributed by atoms with Crippen molar-refractivity contribution in [1.29, 1.82) is 0 Å². The third kappa shape index (κ3) is 4.05. The van der Waals surface area contributed by atoms with Gasteiger partial charge in [0.25, 0.3) is 0 Å². The Bertz CT molecular complexity index is 894. The molecule has 1 amide bonds. The molecule has 1 aromatic carbocycles. The summed E-state index contributed by atoms with van der Waals surface area (Å²) in [6.45, 7) is 0.925. The van der Waals surface area contributed by atoms with Gasteiger partial charge in [0.2, 0.25) is 5.88 Å². The Morgan fingerprint density at radius 3 is 2.79 bits per heavy atom. The fraction of sp³-hybridized carbons (Fsp3) is 0.400. The molecule has 1 aliphatic heterocycles. The number of carbonyl (C=O) groups excluding carboxylic acids is 1. The van der Waals surface area contributed by atoms with Crippen molar-refractivity contribution in [2.45, 2.75) is 38.2 Å². The Balaban J connectivity index is 1.40. The summed E-state index contributed by atoms with van der Waals surface area (Å²) < 4.78 is 5.91. The van der Waals surface area contributed by atoms with Crippen LogP contribution in [0.15, 0.2) is 30.6 Å². The number of piperidine rings is 1. The molecule has 2 aromatic rings. The quantitative estimate of drug-likeness (QED) is 0.836. The zero-order chi connectivity index (χ0) is 19.5. The molecule has 0 spiro atoms. The number of carboxylic acid groups (broad SMARTS) is 1. The molecule has 0 unspecified atom stereocenters. The zero-order valence-electron chi connectivity index (χ0n) is 15.4. The predicted molar refractivity (Wildman–Crippen MR) is 102 cm³/mol. The van der Waals surface area contributed by atoms with Crippen LogP contribution in [-0.2, 0) is 6.42 Å². The minimum atomic E-state index is -0.890.